The highest BCUT2D eigenvalue weighted by Crippen LogP contribution is 2.24. The van der Waals surface area contributed by atoms with Crippen molar-refractivity contribution in [2.75, 3.05) is 6.61 Å². The van der Waals surface area contributed by atoms with Crippen molar-refractivity contribution in [3.8, 4) is 5.75 Å². The van der Waals surface area contributed by atoms with Gasteiger partial charge in [-0.05, 0) is 38.5 Å². The molecule has 0 aromatic heterocycles. The average molecular weight is 299 g/mol. The van der Waals surface area contributed by atoms with Crippen molar-refractivity contribution < 1.29 is 19.1 Å². The molecular formula is C15H19ClO4. The number of hydrogen-bond acceptors (Lipinski definition) is 4. The maximum Gasteiger partial charge on any atom is 0.328 e. The van der Waals surface area contributed by atoms with E-state index in [1.54, 1.807) is 18.2 Å². The third kappa shape index (κ3) is 4.53. The second kappa shape index (κ2) is 7.29. The molecule has 0 N–H and O–H groups in total. The zero-order valence-electron chi connectivity index (χ0n) is 11.9. The number of ether oxygens (including phenoxy) is 2. The van der Waals surface area contributed by atoms with Crippen LogP contribution in [-0.4, -0.2) is 18.5 Å². The first-order valence-corrected chi connectivity index (χ1v) is 6.90. The SMILES string of the molecule is CCCCOC(=O)C(C)(C)C(=O)Oc1cccc(Cl)c1. The Labute approximate surface area is 124 Å². The van der Waals surface area contributed by atoms with Crippen molar-refractivity contribution >= 4 is 23.5 Å². The highest BCUT2D eigenvalue weighted by Gasteiger charge is 2.39. The summed E-state index contributed by atoms with van der Waals surface area (Å²) in [7, 11) is 0. The monoisotopic (exact) mass is 298 g/mol. The molecule has 0 heterocycles. The predicted octanol–water partition coefficient (Wildman–Crippen LogP) is 3.61. The van der Waals surface area contributed by atoms with Gasteiger partial charge in [0, 0.05) is 5.02 Å². The van der Waals surface area contributed by atoms with E-state index >= 15 is 0 Å². The third-order valence-electron chi connectivity index (χ3n) is 2.76. The second-order valence-electron chi connectivity index (χ2n) is 4.96. The van der Waals surface area contributed by atoms with Crippen LogP contribution in [0.4, 0.5) is 0 Å². The van der Waals surface area contributed by atoms with Crippen LogP contribution in [0, 0.1) is 5.41 Å². The fourth-order valence-corrected chi connectivity index (χ4v) is 1.52. The zero-order chi connectivity index (χ0) is 15.2. The molecule has 0 aliphatic heterocycles. The standard InChI is InChI=1S/C15H19ClO4/c1-4-5-9-19-13(17)15(2,3)14(18)20-12-8-6-7-11(16)10-12/h6-8,10H,4-5,9H2,1-3H3. The van der Waals surface area contributed by atoms with Gasteiger partial charge >= 0.3 is 11.9 Å². The first kappa shape index (κ1) is 16.5. The summed E-state index contributed by atoms with van der Waals surface area (Å²) in [6.45, 7) is 5.26. The molecule has 0 unspecified atom stereocenters. The van der Waals surface area contributed by atoms with Crippen LogP contribution in [0.25, 0.3) is 0 Å². The van der Waals surface area contributed by atoms with Gasteiger partial charge in [-0.2, -0.15) is 0 Å². The first-order valence-electron chi connectivity index (χ1n) is 6.53. The Bertz CT molecular complexity index is 483. The van der Waals surface area contributed by atoms with Crippen molar-refractivity contribution in [1.82, 2.24) is 0 Å². The Kier molecular flexibility index (Phi) is 6.02. The van der Waals surface area contributed by atoms with Gasteiger partial charge in [-0.3, -0.25) is 9.59 Å². The summed E-state index contributed by atoms with van der Waals surface area (Å²) in [6, 6.07) is 6.45. The Morgan fingerprint density at radius 3 is 2.55 bits per heavy atom. The Morgan fingerprint density at radius 1 is 1.25 bits per heavy atom. The maximum atomic E-state index is 12.1. The first-order chi connectivity index (χ1) is 9.37. The number of benzene rings is 1. The Hall–Kier alpha value is -1.55. The Morgan fingerprint density at radius 2 is 1.95 bits per heavy atom. The molecule has 20 heavy (non-hydrogen) atoms. The van der Waals surface area contributed by atoms with Gasteiger partial charge in [0.05, 0.1) is 6.61 Å². The molecule has 1 aromatic carbocycles. The highest BCUT2D eigenvalue weighted by molar-refractivity contribution is 6.30. The fourth-order valence-electron chi connectivity index (χ4n) is 1.34. The minimum atomic E-state index is -1.35. The average Bonchev–Trinajstić information content (AvgIpc) is 2.38. The van der Waals surface area contributed by atoms with Gasteiger partial charge in [0.1, 0.15) is 5.75 Å². The summed E-state index contributed by atoms with van der Waals surface area (Å²) in [5.74, 6) is -0.948. The normalized spacial score (nSPS) is 11.0. The van der Waals surface area contributed by atoms with Crippen LogP contribution in [-0.2, 0) is 14.3 Å². The molecule has 0 aliphatic rings. The quantitative estimate of drug-likeness (QED) is 0.348. The number of esters is 2. The van der Waals surface area contributed by atoms with Gasteiger partial charge in [0.2, 0.25) is 0 Å². The summed E-state index contributed by atoms with van der Waals surface area (Å²) >= 11 is 5.81. The van der Waals surface area contributed by atoms with Gasteiger partial charge < -0.3 is 9.47 Å². The van der Waals surface area contributed by atoms with E-state index in [1.807, 2.05) is 6.92 Å². The van der Waals surface area contributed by atoms with Crippen molar-refractivity contribution in [3.05, 3.63) is 29.3 Å². The molecule has 0 radical (unpaired) electrons. The summed E-state index contributed by atoms with van der Waals surface area (Å²) in [5, 5.41) is 0.457. The maximum absolute atomic E-state index is 12.1. The molecule has 1 aromatic rings. The van der Waals surface area contributed by atoms with Gasteiger partial charge in [-0.15, -0.1) is 0 Å². The number of carbonyl (C=O) groups excluding carboxylic acids is 2. The lowest BCUT2D eigenvalue weighted by Crippen LogP contribution is -2.38. The van der Waals surface area contributed by atoms with Crippen LogP contribution in [0.3, 0.4) is 0 Å². The van der Waals surface area contributed by atoms with E-state index in [2.05, 4.69) is 0 Å². The lowest BCUT2D eigenvalue weighted by molar-refractivity contribution is -0.164. The molecule has 0 saturated heterocycles. The Balaban J connectivity index is 2.66. The minimum Gasteiger partial charge on any atom is -0.465 e. The molecule has 0 spiro atoms. The second-order valence-corrected chi connectivity index (χ2v) is 5.40. The van der Waals surface area contributed by atoms with Crippen molar-refractivity contribution in [2.45, 2.75) is 33.6 Å². The summed E-state index contributed by atoms with van der Waals surface area (Å²) in [4.78, 5) is 23.9. The lowest BCUT2D eigenvalue weighted by atomic mass is 9.94. The van der Waals surface area contributed by atoms with Crippen molar-refractivity contribution in [3.63, 3.8) is 0 Å². The van der Waals surface area contributed by atoms with E-state index < -0.39 is 17.4 Å². The minimum absolute atomic E-state index is 0.303. The van der Waals surface area contributed by atoms with E-state index in [1.165, 1.54) is 19.9 Å². The van der Waals surface area contributed by atoms with E-state index in [0.29, 0.717) is 17.4 Å². The molecule has 0 saturated carbocycles. The van der Waals surface area contributed by atoms with Gasteiger partial charge in [-0.1, -0.05) is 31.0 Å². The molecule has 0 aliphatic carbocycles. The van der Waals surface area contributed by atoms with Crippen LogP contribution in [0.2, 0.25) is 5.02 Å². The van der Waals surface area contributed by atoms with Crippen LogP contribution in [0.1, 0.15) is 33.6 Å². The van der Waals surface area contributed by atoms with Gasteiger partial charge in [-0.25, -0.2) is 0 Å². The summed E-state index contributed by atoms with van der Waals surface area (Å²) in [5.41, 5.74) is -1.35. The molecule has 4 nitrogen and oxygen atoms in total. The van der Waals surface area contributed by atoms with Crippen LogP contribution >= 0.6 is 11.6 Å². The zero-order valence-corrected chi connectivity index (χ0v) is 12.7. The van der Waals surface area contributed by atoms with Crippen molar-refractivity contribution in [2.24, 2.45) is 5.41 Å². The highest BCUT2D eigenvalue weighted by atomic mass is 35.5. The van der Waals surface area contributed by atoms with E-state index in [4.69, 9.17) is 21.1 Å². The molecule has 0 fully saturated rings. The van der Waals surface area contributed by atoms with Gasteiger partial charge in [0.15, 0.2) is 5.41 Å². The number of unbranched alkanes of at least 4 members (excludes halogenated alkanes) is 1. The van der Waals surface area contributed by atoms with E-state index in [9.17, 15) is 9.59 Å². The summed E-state index contributed by atoms with van der Waals surface area (Å²) < 4.78 is 10.2. The smallest absolute Gasteiger partial charge is 0.328 e. The van der Waals surface area contributed by atoms with Crippen LogP contribution in [0.5, 0.6) is 5.75 Å². The fraction of sp³-hybridized carbons (Fsp3) is 0.467. The molecule has 0 atom stereocenters. The molecule has 5 heteroatoms. The third-order valence-corrected chi connectivity index (χ3v) is 2.99. The van der Waals surface area contributed by atoms with Crippen LogP contribution < -0.4 is 4.74 Å². The van der Waals surface area contributed by atoms with Crippen LogP contribution in [0.15, 0.2) is 24.3 Å². The number of hydrogen-bond donors (Lipinski definition) is 0. The molecule has 0 bridgehead atoms. The number of carbonyl (C=O) groups is 2. The largest absolute Gasteiger partial charge is 0.465 e. The van der Waals surface area contributed by atoms with Gasteiger partial charge in [0.25, 0.3) is 0 Å². The number of rotatable bonds is 6. The molecule has 110 valence electrons. The molecular weight excluding hydrogens is 280 g/mol. The van der Waals surface area contributed by atoms with E-state index in [-0.39, 0.29) is 0 Å². The molecule has 1 rings (SSSR count). The topological polar surface area (TPSA) is 52.6 Å². The summed E-state index contributed by atoms with van der Waals surface area (Å²) in [6.07, 6.45) is 1.69. The predicted molar refractivity (Wildman–Crippen MR) is 76.7 cm³/mol. The number of halogens is 1. The van der Waals surface area contributed by atoms with Crippen molar-refractivity contribution in [1.29, 1.82) is 0 Å². The van der Waals surface area contributed by atoms with E-state index in [0.717, 1.165) is 12.8 Å². The molecule has 0 amide bonds. The lowest BCUT2D eigenvalue weighted by Gasteiger charge is -2.20.